The second-order valence-corrected chi connectivity index (χ2v) is 6.81. The maximum atomic E-state index is 11.9. The van der Waals surface area contributed by atoms with Gasteiger partial charge in [0.1, 0.15) is 6.29 Å². The number of carbonyl (C=O) groups is 1. The lowest BCUT2D eigenvalue weighted by Gasteiger charge is -2.25. The van der Waals surface area contributed by atoms with Gasteiger partial charge in [0.05, 0.1) is 6.10 Å². The van der Waals surface area contributed by atoms with Crippen molar-refractivity contribution in [3.8, 4) is 0 Å². The SMILES string of the molecule is CC(O)CNCCCC=O.CN1CCc2[nH]c(=O)c3ccccc3c2C1. The van der Waals surface area contributed by atoms with Gasteiger partial charge in [-0.2, -0.15) is 0 Å². The molecule has 26 heavy (non-hydrogen) atoms. The Hall–Kier alpha value is -2.02. The number of benzene rings is 1. The number of nitrogens with one attached hydrogen (secondary N) is 2. The van der Waals surface area contributed by atoms with Gasteiger partial charge in [0.15, 0.2) is 0 Å². The summed E-state index contributed by atoms with van der Waals surface area (Å²) in [7, 11) is 2.11. The third kappa shape index (κ3) is 5.76. The number of nitrogens with zero attached hydrogens (tertiary/aromatic N) is 1. The fourth-order valence-electron chi connectivity index (χ4n) is 3.05. The number of unbranched alkanes of at least 4 members (excludes halogenated alkanes) is 1. The number of rotatable bonds is 6. The molecule has 1 aromatic carbocycles. The van der Waals surface area contributed by atoms with Crippen molar-refractivity contribution in [3.63, 3.8) is 0 Å². The molecule has 0 spiro atoms. The second kappa shape index (κ2) is 10.2. The van der Waals surface area contributed by atoms with Gasteiger partial charge in [0.25, 0.3) is 5.56 Å². The van der Waals surface area contributed by atoms with Crippen molar-refractivity contribution in [3.05, 3.63) is 45.9 Å². The van der Waals surface area contributed by atoms with E-state index in [1.54, 1.807) is 6.92 Å². The molecule has 1 unspecified atom stereocenters. The van der Waals surface area contributed by atoms with Gasteiger partial charge in [-0.15, -0.1) is 0 Å². The zero-order valence-corrected chi connectivity index (χ0v) is 15.6. The van der Waals surface area contributed by atoms with Gasteiger partial charge in [-0.1, -0.05) is 18.2 Å². The van der Waals surface area contributed by atoms with Gasteiger partial charge >= 0.3 is 0 Å². The Kier molecular flexibility index (Phi) is 7.97. The van der Waals surface area contributed by atoms with Gasteiger partial charge in [-0.05, 0) is 44.0 Å². The number of aliphatic hydroxyl groups is 1. The minimum Gasteiger partial charge on any atom is -0.392 e. The molecule has 1 aromatic heterocycles. The molecule has 6 nitrogen and oxygen atoms in total. The Labute approximate surface area is 154 Å². The van der Waals surface area contributed by atoms with Crippen LogP contribution in [0.4, 0.5) is 0 Å². The van der Waals surface area contributed by atoms with Crippen LogP contribution in [0, 0.1) is 0 Å². The van der Waals surface area contributed by atoms with Gasteiger partial charge in [-0.3, -0.25) is 4.79 Å². The Morgan fingerprint density at radius 1 is 1.35 bits per heavy atom. The van der Waals surface area contributed by atoms with Crippen LogP contribution in [0.5, 0.6) is 0 Å². The summed E-state index contributed by atoms with van der Waals surface area (Å²) >= 11 is 0. The van der Waals surface area contributed by atoms with Crippen molar-refractivity contribution < 1.29 is 9.90 Å². The number of fused-ring (bicyclic) bond motifs is 3. The lowest BCUT2D eigenvalue weighted by molar-refractivity contribution is -0.107. The quantitative estimate of drug-likeness (QED) is 0.537. The molecule has 0 amide bonds. The molecule has 142 valence electrons. The molecule has 0 saturated carbocycles. The number of likely N-dealkylation sites (N-methyl/N-ethyl adjacent to an activating group) is 1. The molecule has 2 aromatic rings. The molecule has 0 saturated heterocycles. The van der Waals surface area contributed by atoms with E-state index >= 15 is 0 Å². The number of aromatic amines is 1. The molecular weight excluding hydrogens is 330 g/mol. The Bertz CT molecular complexity index is 770. The van der Waals surface area contributed by atoms with E-state index in [1.807, 2.05) is 24.3 Å². The summed E-state index contributed by atoms with van der Waals surface area (Å²) in [6, 6.07) is 7.85. The topological polar surface area (TPSA) is 85.4 Å². The van der Waals surface area contributed by atoms with Crippen LogP contribution in [-0.2, 0) is 17.8 Å². The number of aldehydes is 1. The van der Waals surface area contributed by atoms with Crippen LogP contribution in [0.25, 0.3) is 10.8 Å². The maximum Gasteiger partial charge on any atom is 0.256 e. The minimum absolute atomic E-state index is 0.0407. The molecule has 1 aliphatic rings. The summed E-state index contributed by atoms with van der Waals surface area (Å²) in [4.78, 5) is 27.0. The molecule has 6 heteroatoms. The highest BCUT2D eigenvalue weighted by Gasteiger charge is 2.17. The predicted molar refractivity (Wildman–Crippen MR) is 104 cm³/mol. The summed E-state index contributed by atoms with van der Waals surface area (Å²) in [5.41, 5.74) is 2.43. The van der Waals surface area contributed by atoms with Crippen LogP contribution in [-0.4, -0.2) is 54.1 Å². The van der Waals surface area contributed by atoms with Crippen LogP contribution >= 0.6 is 0 Å². The molecule has 3 rings (SSSR count). The van der Waals surface area contributed by atoms with Gasteiger partial charge < -0.3 is 25.1 Å². The average Bonchev–Trinajstić information content (AvgIpc) is 2.63. The first kappa shape index (κ1) is 20.3. The number of H-pyrrole nitrogens is 1. The van der Waals surface area contributed by atoms with Crippen molar-refractivity contribution in [2.24, 2.45) is 0 Å². The lowest BCUT2D eigenvalue weighted by atomic mass is 9.99. The zero-order valence-electron chi connectivity index (χ0n) is 15.6. The zero-order chi connectivity index (χ0) is 18.9. The van der Waals surface area contributed by atoms with Crippen molar-refractivity contribution in [1.82, 2.24) is 15.2 Å². The second-order valence-electron chi connectivity index (χ2n) is 6.81. The van der Waals surface area contributed by atoms with E-state index in [-0.39, 0.29) is 11.7 Å². The van der Waals surface area contributed by atoms with Crippen LogP contribution < -0.4 is 10.9 Å². The first-order valence-corrected chi connectivity index (χ1v) is 9.16. The molecule has 1 aliphatic heterocycles. The van der Waals surface area contributed by atoms with E-state index in [0.717, 1.165) is 55.2 Å². The summed E-state index contributed by atoms with van der Waals surface area (Å²) in [5.74, 6) is 0. The predicted octanol–water partition coefficient (Wildman–Crippen LogP) is 1.45. The normalized spacial score (nSPS) is 15.0. The largest absolute Gasteiger partial charge is 0.392 e. The standard InChI is InChI=1S/C13H14N2O.C7H15NO2/c1-15-7-6-12-11(8-15)9-4-2-3-5-10(9)13(16)14-12;1-7(10)6-8-4-2-3-5-9/h2-5H,6-8H2,1H3,(H,14,16);5,7-8,10H,2-4,6H2,1H3. The van der Waals surface area contributed by atoms with Crippen LogP contribution in [0.15, 0.2) is 29.1 Å². The molecule has 0 fully saturated rings. The van der Waals surface area contributed by atoms with Crippen molar-refractivity contribution in [1.29, 1.82) is 0 Å². The van der Waals surface area contributed by atoms with Crippen molar-refractivity contribution >= 4 is 17.1 Å². The molecular formula is C20H29N3O3. The summed E-state index contributed by atoms with van der Waals surface area (Å²) in [6.45, 7) is 5.09. The molecule has 0 aliphatic carbocycles. The maximum absolute atomic E-state index is 11.9. The molecule has 0 radical (unpaired) electrons. The Morgan fingerprint density at radius 2 is 2.08 bits per heavy atom. The van der Waals surface area contributed by atoms with Crippen molar-refractivity contribution in [2.45, 2.75) is 38.8 Å². The third-order valence-electron chi connectivity index (χ3n) is 4.41. The average molecular weight is 359 g/mol. The lowest BCUT2D eigenvalue weighted by Crippen LogP contribution is -2.29. The fraction of sp³-hybridized carbons (Fsp3) is 0.500. The summed E-state index contributed by atoms with van der Waals surface area (Å²) in [6.07, 6.45) is 3.01. The Morgan fingerprint density at radius 3 is 2.77 bits per heavy atom. The third-order valence-corrected chi connectivity index (χ3v) is 4.41. The first-order valence-electron chi connectivity index (χ1n) is 9.16. The number of pyridine rings is 1. The van der Waals surface area contributed by atoms with Gasteiger partial charge in [0, 0.05) is 43.6 Å². The number of hydrogen-bond acceptors (Lipinski definition) is 5. The van der Waals surface area contributed by atoms with Crippen molar-refractivity contribution in [2.75, 3.05) is 26.7 Å². The van der Waals surface area contributed by atoms with Crippen LogP contribution in [0.3, 0.4) is 0 Å². The fourth-order valence-corrected chi connectivity index (χ4v) is 3.05. The van der Waals surface area contributed by atoms with E-state index in [2.05, 4.69) is 22.2 Å². The highest BCUT2D eigenvalue weighted by atomic mass is 16.3. The summed E-state index contributed by atoms with van der Waals surface area (Å²) in [5, 5.41) is 13.7. The first-order chi connectivity index (χ1) is 12.5. The molecule has 2 heterocycles. The smallest absolute Gasteiger partial charge is 0.256 e. The number of aromatic nitrogens is 1. The van der Waals surface area contributed by atoms with E-state index in [0.29, 0.717) is 13.0 Å². The van der Waals surface area contributed by atoms with Gasteiger partial charge in [0.2, 0.25) is 0 Å². The number of hydrogen-bond donors (Lipinski definition) is 3. The highest BCUT2D eigenvalue weighted by molar-refractivity contribution is 5.85. The van der Waals surface area contributed by atoms with Crippen LogP contribution in [0.2, 0.25) is 0 Å². The van der Waals surface area contributed by atoms with E-state index in [1.165, 1.54) is 5.56 Å². The highest BCUT2D eigenvalue weighted by Crippen LogP contribution is 2.22. The minimum atomic E-state index is -0.295. The number of carbonyl (C=O) groups excluding carboxylic acids is 1. The van der Waals surface area contributed by atoms with E-state index in [4.69, 9.17) is 5.11 Å². The van der Waals surface area contributed by atoms with E-state index in [9.17, 15) is 9.59 Å². The van der Waals surface area contributed by atoms with E-state index < -0.39 is 0 Å². The number of aliphatic hydroxyl groups excluding tert-OH is 1. The Balaban J connectivity index is 0.000000213. The molecule has 3 N–H and O–H groups in total. The monoisotopic (exact) mass is 359 g/mol. The molecule has 1 atom stereocenters. The molecule has 0 bridgehead atoms. The van der Waals surface area contributed by atoms with Crippen LogP contribution in [0.1, 0.15) is 31.0 Å². The summed E-state index contributed by atoms with van der Waals surface area (Å²) < 4.78 is 0. The van der Waals surface area contributed by atoms with Gasteiger partial charge in [-0.25, -0.2) is 0 Å².